The zero-order chi connectivity index (χ0) is 14.7. The molecular formula is C13H16F2N2O2S. The van der Waals surface area contributed by atoms with Crippen molar-refractivity contribution in [1.29, 1.82) is 0 Å². The number of para-hydroxylation sites is 1. The second-order valence-corrected chi connectivity index (χ2v) is 5.14. The lowest BCUT2D eigenvalue weighted by atomic mass is 9.93. The summed E-state index contributed by atoms with van der Waals surface area (Å²) in [4.78, 5) is 1.45. The van der Waals surface area contributed by atoms with Crippen LogP contribution in [-0.4, -0.2) is 51.9 Å². The first-order valence-corrected chi connectivity index (χ1v) is 6.65. The molecule has 20 heavy (non-hydrogen) atoms. The van der Waals surface area contributed by atoms with Crippen molar-refractivity contribution in [3.05, 3.63) is 30.3 Å². The van der Waals surface area contributed by atoms with Crippen molar-refractivity contribution in [2.24, 2.45) is 5.92 Å². The van der Waals surface area contributed by atoms with Gasteiger partial charge in [-0.15, -0.1) is 0 Å². The van der Waals surface area contributed by atoms with E-state index < -0.39 is 24.6 Å². The molecule has 0 aromatic heterocycles. The maximum Gasteiger partial charge on any atom is 0.245 e. The molecule has 0 radical (unpaired) electrons. The number of aliphatic hydroxyl groups excluding tert-OH is 2. The number of nitrogens with one attached hydrogen (secondary N) is 1. The molecule has 1 heterocycles. The monoisotopic (exact) mass is 302 g/mol. The predicted octanol–water partition coefficient (Wildman–Crippen LogP) is 1.30. The van der Waals surface area contributed by atoms with Crippen molar-refractivity contribution in [3.63, 3.8) is 0 Å². The second kappa shape index (κ2) is 6.43. The average Bonchev–Trinajstić information content (AvgIpc) is 2.42. The third kappa shape index (κ3) is 3.41. The zero-order valence-electron chi connectivity index (χ0n) is 10.6. The van der Waals surface area contributed by atoms with E-state index in [2.05, 4.69) is 5.32 Å². The zero-order valence-corrected chi connectivity index (χ0v) is 11.4. The maximum atomic E-state index is 12.8. The highest BCUT2D eigenvalue weighted by Crippen LogP contribution is 2.24. The number of benzene rings is 1. The van der Waals surface area contributed by atoms with Crippen LogP contribution in [0.15, 0.2) is 30.3 Å². The number of β-amino-alcohol motifs (C(OH)–C–C–N with tert-alkyl or cyclic N) is 1. The highest BCUT2D eigenvalue weighted by Gasteiger charge is 2.40. The van der Waals surface area contributed by atoms with Crippen LogP contribution in [0.25, 0.3) is 0 Å². The molecule has 3 atom stereocenters. The van der Waals surface area contributed by atoms with E-state index >= 15 is 0 Å². The van der Waals surface area contributed by atoms with E-state index in [4.69, 9.17) is 12.2 Å². The van der Waals surface area contributed by atoms with E-state index in [0.29, 0.717) is 0 Å². The molecule has 1 aliphatic rings. The van der Waals surface area contributed by atoms with Gasteiger partial charge in [0.1, 0.15) is 0 Å². The molecule has 4 nitrogen and oxygen atoms in total. The summed E-state index contributed by atoms with van der Waals surface area (Å²) in [5.74, 6) is -1.31. The summed E-state index contributed by atoms with van der Waals surface area (Å²) < 4.78 is 25.7. The van der Waals surface area contributed by atoms with Gasteiger partial charge in [0.15, 0.2) is 5.11 Å². The Balaban J connectivity index is 2.03. The standard InChI is InChI=1S/C13H16F2N2O2S/c14-12(15)9-6-17(7-10(18)11(9)19)13(20)16-8-4-2-1-3-5-8/h1-5,9-12,18-19H,6-7H2,(H,16,20). The van der Waals surface area contributed by atoms with Gasteiger partial charge in [-0.05, 0) is 24.4 Å². The summed E-state index contributed by atoms with van der Waals surface area (Å²) in [6, 6.07) is 9.09. The summed E-state index contributed by atoms with van der Waals surface area (Å²) in [6.45, 7) is -0.0579. The molecule has 0 aliphatic carbocycles. The van der Waals surface area contributed by atoms with Gasteiger partial charge in [-0.2, -0.15) is 0 Å². The molecule has 0 bridgehead atoms. The van der Waals surface area contributed by atoms with Crippen LogP contribution in [0.1, 0.15) is 0 Å². The minimum Gasteiger partial charge on any atom is -0.390 e. The molecule has 1 saturated heterocycles. The van der Waals surface area contributed by atoms with Crippen molar-refractivity contribution in [2.75, 3.05) is 18.4 Å². The lowest BCUT2D eigenvalue weighted by Crippen LogP contribution is -2.56. The van der Waals surface area contributed by atoms with E-state index in [1.54, 1.807) is 12.1 Å². The van der Waals surface area contributed by atoms with Gasteiger partial charge >= 0.3 is 0 Å². The van der Waals surface area contributed by atoms with Gasteiger partial charge < -0.3 is 20.4 Å². The minimum atomic E-state index is -2.71. The van der Waals surface area contributed by atoms with Gasteiger partial charge in [0.2, 0.25) is 6.43 Å². The Labute approximate surface area is 121 Å². The molecule has 3 N–H and O–H groups in total. The lowest BCUT2D eigenvalue weighted by molar-refractivity contribution is -0.103. The summed E-state index contributed by atoms with van der Waals surface area (Å²) in [6.07, 6.45) is -5.37. The van der Waals surface area contributed by atoms with Gasteiger partial charge in [-0.1, -0.05) is 18.2 Å². The molecule has 2 rings (SSSR count). The van der Waals surface area contributed by atoms with Crippen LogP contribution >= 0.6 is 12.2 Å². The Bertz CT molecular complexity index is 461. The van der Waals surface area contributed by atoms with Crippen molar-refractivity contribution in [1.82, 2.24) is 4.90 Å². The van der Waals surface area contributed by atoms with Crippen LogP contribution in [0.4, 0.5) is 14.5 Å². The SMILES string of the molecule is OC1CN(C(=S)Nc2ccccc2)CC(C(F)F)C1O. The fourth-order valence-electron chi connectivity index (χ4n) is 2.17. The molecule has 1 fully saturated rings. The summed E-state index contributed by atoms with van der Waals surface area (Å²) in [7, 11) is 0. The van der Waals surface area contributed by atoms with Crippen molar-refractivity contribution < 1.29 is 19.0 Å². The van der Waals surface area contributed by atoms with E-state index in [9.17, 15) is 19.0 Å². The fourth-order valence-corrected chi connectivity index (χ4v) is 2.44. The molecule has 0 spiro atoms. The number of anilines is 1. The first-order valence-electron chi connectivity index (χ1n) is 6.24. The number of halogens is 2. The topological polar surface area (TPSA) is 55.7 Å². The Morgan fingerprint density at radius 1 is 1.25 bits per heavy atom. The molecule has 1 aromatic rings. The molecule has 1 aromatic carbocycles. The normalized spacial score (nSPS) is 26.6. The van der Waals surface area contributed by atoms with Crippen LogP contribution in [0.5, 0.6) is 0 Å². The van der Waals surface area contributed by atoms with Crippen LogP contribution in [0.2, 0.25) is 0 Å². The lowest BCUT2D eigenvalue weighted by Gasteiger charge is -2.40. The Hall–Kier alpha value is -1.31. The van der Waals surface area contributed by atoms with Gasteiger partial charge in [0.05, 0.1) is 18.1 Å². The molecule has 7 heteroatoms. The predicted molar refractivity (Wildman–Crippen MR) is 75.7 cm³/mol. The number of likely N-dealkylation sites (tertiary alicyclic amines) is 1. The number of alkyl halides is 2. The fraction of sp³-hybridized carbons (Fsp3) is 0.462. The van der Waals surface area contributed by atoms with Crippen molar-refractivity contribution in [2.45, 2.75) is 18.6 Å². The largest absolute Gasteiger partial charge is 0.390 e. The maximum absolute atomic E-state index is 12.8. The van der Waals surface area contributed by atoms with Crippen LogP contribution in [0, 0.1) is 5.92 Å². The number of nitrogens with zero attached hydrogens (tertiary/aromatic N) is 1. The number of piperidine rings is 1. The number of aliphatic hydroxyl groups is 2. The van der Waals surface area contributed by atoms with Crippen LogP contribution in [0.3, 0.4) is 0 Å². The third-order valence-electron chi connectivity index (χ3n) is 3.31. The van der Waals surface area contributed by atoms with Gasteiger partial charge in [-0.25, -0.2) is 8.78 Å². The molecule has 1 aliphatic heterocycles. The van der Waals surface area contributed by atoms with E-state index in [1.807, 2.05) is 18.2 Å². The number of hydrogen-bond acceptors (Lipinski definition) is 3. The van der Waals surface area contributed by atoms with Gasteiger partial charge in [0.25, 0.3) is 0 Å². The summed E-state index contributed by atoms with van der Waals surface area (Å²) >= 11 is 5.16. The van der Waals surface area contributed by atoms with Crippen LogP contribution in [-0.2, 0) is 0 Å². The summed E-state index contributed by atoms with van der Waals surface area (Å²) in [5.41, 5.74) is 0.742. The molecule has 110 valence electrons. The number of hydrogen-bond donors (Lipinski definition) is 3. The van der Waals surface area contributed by atoms with Crippen molar-refractivity contribution in [3.8, 4) is 0 Å². The van der Waals surface area contributed by atoms with Gasteiger partial charge in [0, 0.05) is 18.8 Å². The number of thiocarbonyl (C=S) groups is 1. The molecular weight excluding hydrogens is 286 g/mol. The summed E-state index contributed by atoms with van der Waals surface area (Å²) in [5, 5.41) is 22.4. The first-order chi connectivity index (χ1) is 9.49. The number of rotatable bonds is 2. The first kappa shape index (κ1) is 15.1. The molecule has 3 unspecified atom stereocenters. The van der Waals surface area contributed by atoms with Crippen molar-refractivity contribution >= 4 is 23.0 Å². The smallest absolute Gasteiger partial charge is 0.245 e. The van der Waals surface area contributed by atoms with Gasteiger partial charge in [-0.3, -0.25) is 0 Å². The quantitative estimate of drug-likeness (QED) is 0.719. The third-order valence-corrected chi connectivity index (χ3v) is 3.67. The molecule has 0 amide bonds. The highest BCUT2D eigenvalue weighted by molar-refractivity contribution is 7.80. The Morgan fingerprint density at radius 2 is 1.90 bits per heavy atom. The molecule has 0 saturated carbocycles. The van der Waals surface area contributed by atoms with E-state index in [-0.39, 0.29) is 18.2 Å². The minimum absolute atomic E-state index is 0.0308. The Kier molecular flexibility index (Phi) is 4.85. The average molecular weight is 302 g/mol. The van der Waals surface area contributed by atoms with E-state index in [0.717, 1.165) is 5.69 Å². The van der Waals surface area contributed by atoms with Crippen LogP contribution < -0.4 is 5.32 Å². The van der Waals surface area contributed by atoms with E-state index in [1.165, 1.54) is 4.90 Å². The Morgan fingerprint density at radius 3 is 2.50 bits per heavy atom. The highest BCUT2D eigenvalue weighted by atomic mass is 32.1. The second-order valence-electron chi connectivity index (χ2n) is 4.76.